The van der Waals surface area contributed by atoms with Gasteiger partial charge in [-0.25, -0.2) is 0 Å². The molecule has 0 amide bonds. The van der Waals surface area contributed by atoms with Crippen LogP contribution in [0.3, 0.4) is 0 Å². The Bertz CT molecular complexity index is 377. The van der Waals surface area contributed by atoms with Gasteiger partial charge in [-0.3, -0.25) is 4.99 Å². The van der Waals surface area contributed by atoms with Crippen LogP contribution in [-0.4, -0.2) is 17.2 Å². The molecule has 0 saturated heterocycles. The Morgan fingerprint density at radius 1 is 1.31 bits per heavy atom. The first kappa shape index (κ1) is 13.4. The minimum atomic E-state index is 0.139. The Labute approximate surface area is 112 Å². The van der Waals surface area contributed by atoms with Crippen LogP contribution in [0.2, 0.25) is 0 Å². The summed E-state index contributed by atoms with van der Waals surface area (Å²) < 4.78 is 1.07. The Morgan fingerprint density at radius 3 is 2.44 bits per heavy atom. The molecule has 0 atom stereocenters. The number of rotatable bonds is 4. The van der Waals surface area contributed by atoms with Gasteiger partial charge in [0.15, 0.2) is 0 Å². The van der Waals surface area contributed by atoms with Crippen molar-refractivity contribution < 1.29 is 0 Å². The van der Waals surface area contributed by atoms with E-state index in [4.69, 9.17) is 0 Å². The van der Waals surface area contributed by atoms with E-state index in [0.29, 0.717) is 0 Å². The number of hydrogen-bond donors (Lipinski definition) is 0. The number of aliphatic imine (C=N–C) groups is 1. The molecule has 0 aliphatic rings. The van der Waals surface area contributed by atoms with Gasteiger partial charge in [0.1, 0.15) is 0 Å². The summed E-state index contributed by atoms with van der Waals surface area (Å²) in [5.74, 6) is 0. The topological polar surface area (TPSA) is 12.4 Å². The first-order valence-electron chi connectivity index (χ1n) is 5.36. The maximum atomic E-state index is 4.37. The Hall–Kier alpha value is -0.640. The molecule has 0 N–H and O–H groups in total. The lowest BCUT2D eigenvalue weighted by Crippen LogP contribution is -2.24. The minimum absolute atomic E-state index is 0.139. The molecule has 0 unspecified atom stereocenters. The number of hydrogen-bond acceptors (Lipinski definition) is 1. The predicted molar refractivity (Wildman–Crippen MR) is 81.5 cm³/mol. The fourth-order valence-corrected chi connectivity index (χ4v) is 1.80. The second-order valence-corrected chi connectivity index (χ2v) is 5.13. The number of allylic oxidation sites excluding steroid dienone is 1. The van der Waals surface area contributed by atoms with Gasteiger partial charge in [-0.2, -0.15) is 0 Å². The molecule has 0 aliphatic carbocycles. The van der Waals surface area contributed by atoms with Crippen LogP contribution < -0.4 is 0 Å². The van der Waals surface area contributed by atoms with Crippen molar-refractivity contribution in [2.45, 2.75) is 13.8 Å². The van der Waals surface area contributed by atoms with Gasteiger partial charge in [0.2, 0.25) is 0 Å². The van der Waals surface area contributed by atoms with E-state index >= 15 is 0 Å². The number of halogens is 1. The fraction of sp³-hybridized carbons (Fsp3) is 0.357. The van der Waals surface area contributed by atoms with Gasteiger partial charge in [-0.05, 0) is 11.6 Å². The number of benzene rings is 1. The van der Waals surface area contributed by atoms with E-state index in [2.05, 4.69) is 65.7 Å². The monoisotopic (exact) mass is 327 g/mol. The average molecular weight is 327 g/mol. The van der Waals surface area contributed by atoms with Crippen LogP contribution in [-0.2, 0) is 0 Å². The first-order chi connectivity index (χ1) is 7.60. The zero-order chi connectivity index (χ0) is 12.0. The van der Waals surface area contributed by atoms with E-state index in [1.807, 2.05) is 25.2 Å². The lowest BCUT2D eigenvalue weighted by molar-refractivity contribution is 0.616. The third kappa shape index (κ3) is 3.74. The highest BCUT2D eigenvalue weighted by Crippen LogP contribution is 2.22. The largest absolute Gasteiger partial charge is 0.292 e. The molecule has 0 aromatic heterocycles. The molecule has 1 rings (SSSR count). The summed E-state index contributed by atoms with van der Waals surface area (Å²) in [6.45, 7) is 4.44. The minimum Gasteiger partial charge on any atom is -0.292 e. The molecule has 0 heterocycles. The normalized spacial score (nSPS) is 13.4. The average Bonchev–Trinajstić information content (AvgIpc) is 2.31. The lowest BCUT2D eigenvalue weighted by Gasteiger charge is -2.21. The van der Waals surface area contributed by atoms with Crippen molar-refractivity contribution in [3.63, 3.8) is 0 Å². The molecule has 0 radical (unpaired) electrons. The van der Waals surface area contributed by atoms with Crippen molar-refractivity contribution in [3.8, 4) is 0 Å². The van der Waals surface area contributed by atoms with E-state index in [1.165, 1.54) is 5.56 Å². The van der Waals surface area contributed by atoms with Crippen LogP contribution >= 0.6 is 22.6 Å². The number of nitrogens with zero attached hydrogens (tertiary/aromatic N) is 1. The maximum absolute atomic E-state index is 4.37. The van der Waals surface area contributed by atoms with E-state index in [0.717, 1.165) is 10.1 Å². The summed E-state index contributed by atoms with van der Waals surface area (Å²) in [5.41, 5.74) is 2.50. The molecule has 1 nitrogen and oxygen atoms in total. The summed E-state index contributed by atoms with van der Waals surface area (Å²) in [7, 11) is 1.86. The number of alkyl halides is 1. The van der Waals surface area contributed by atoms with Crippen LogP contribution in [0.4, 0.5) is 0 Å². The molecular formula is C14H18IN. The van der Waals surface area contributed by atoms with Crippen molar-refractivity contribution in [1.82, 2.24) is 0 Å². The third-order valence-electron chi connectivity index (χ3n) is 2.50. The Morgan fingerprint density at radius 2 is 1.94 bits per heavy atom. The van der Waals surface area contributed by atoms with E-state index in [9.17, 15) is 0 Å². The summed E-state index contributed by atoms with van der Waals surface area (Å²) in [4.78, 5) is 4.37. The molecule has 0 fully saturated rings. The van der Waals surface area contributed by atoms with Crippen LogP contribution in [0.25, 0.3) is 6.08 Å². The van der Waals surface area contributed by atoms with Crippen molar-refractivity contribution in [1.29, 1.82) is 0 Å². The van der Waals surface area contributed by atoms with E-state index < -0.39 is 0 Å². The van der Waals surface area contributed by atoms with Gasteiger partial charge in [-0.15, -0.1) is 0 Å². The molecule has 0 spiro atoms. The maximum Gasteiger partial charge on any atom is 0.0408 e. The zero-order valence-corrected chi connectivity index (χ0v) is 12.2. The van der Waals surface area contributed by atoms with Crippen LogP contribution in [0.5, 0.6) is 0 Å². The van der Waals surface area contributed by atoms with Crippen molar-refractivity contribution >= 4 is 34.4 Å². The van der Waals surface area contributed by atoms with Gasteiger partial charge in [0.25, 0.3) is 0 Å². The van der Waals surface area contributed by atoms with Gasteiger partial charge in [0, 0.05) is 22.6 Å². The van der Waals surface area contributed by atoms with Gasteiger partial charge in [0.05, 0.1) is 0 Å². The molecule has 0 bridgehead atoms. The lowest BCUT2D eigenvalue weighted by atomic mass is 9.89. The fourth-order valence-electron chi connectivity index (χ4n) is 1.41. The summed E-state index contributed by atoms with van der Waals surface area (Å²) in [6, 6.07) is 10.3. The van der Waals surface area contributed by atoms with Crippen molar-refractivity contribution in [3.05, 3.63) is 42.0 Å². The van der Waals surface area contributed by atoms with E-state index in [1.54, 1.807) is 0 Å². The van der Waals surface area contributed by atoms with Gasteiger partial charge >= 0.3 is 0 Å². The van der Waals surface area contributed by atoms with Crippen molar-refractivity contribution in [2.75, 3.05) is 11.5 Å². The smallest absolute Gasteiger partial charge is 0.0408 e. The van der Waals surface area contributed by atoms with E-state index in [-0.39, 0.29) is 5.41 Å². The highest BCUT2D eigenvalue weighted by molar-refractivity contribution is 14.1. The molecule has 0 saturated carbocycles. The quantitative estimate of drug-likeness (QED) is 0.446. The predicted octanol–water partition coefficient (Wildman–Crippen LogP) is 4.23. The third-order valence-corrected chi connectivity index (χ3v) is 4.41. The standard InChI is InChI=1S/C14H18IN/c1-14(2,11-15)13(16-3)10-9-12-7-5-4-6-8-12/h4-10H,11H2,1-3H3/b10-9+,16-13?. The molecule has 16 heavy (non-hydrogen) atoms. The molecule has 86 valence electrons. The highest BCUT2D eigenvalue weighted by Gasteiger charge is 2.20. The van der Waals surface area contributed by atoms with Crippen LogP contribution in [0.1, 0.15) is 19.4 Å². The Kier molecular flexibility index (Phi) is 5.19. The summed E-state index contributed by atoms with van der Waals surface area (Å²) >= 11 is 2.41. The summed E-state index contributed by atoms with van der Waals surface area (Å²) in [6.07, 6.45) is 4.24. The summed E-state index contributed by atoms with van der Waals surface area (Å²) in [5, 5.41) is 0. The second kappa shape index (κ2) is 6.18. The van der Waals surface area contributed by atoms with Crippen LogP contribution in [0, 0.1) is 5.41 Å². The zero-order valence-electron chi connectivity index (χ0n) is 10.1. The van der Waals surface area contributed by atoms with Crippen LogP contribution in [0.15, 0.2) is 41.4 Å². The molecular weight excluding hydrogens is 309 g/mol. The molecule has 0 aliphatic heterocycles. The highest BCUT2D eigenvalue weighted by atomic mass is 127. The second-order valence-electron chi connectivity index (χ2n) is 4.37. The van der Waals surface area contributed by atoms with Crippen molar-refractivity contribution in [2.24, 2.45) is 10.4 Å². The first-order valence-corrected chi connectivity index (χ1v) is 6.89. The SMILES string of the molecule is CN=C(/C=C/c1ccccc1)C(C)(C)CI. The molecule has 1 aromatic carbocycles. The molecule has 2 heteroatoms. The molecule has 1 aromatic rings. The van der Waals surface area contributed by atoms with Gasteiger partial charge < -0.3 is 0 Å². The Balaban J connectivity index is 2.84. The van der Waals surface area contributed by atoms with Gasteiger partial charge in [-0.1, -0.05) is 72.8 Å².